The minimum absolute atomic E-state index is 0.119. The largest absolute Gasteiger partial charge is 0.508 e. The normalized spacial score (nSPS) is 13.4. The summed E-state index contributed by atoms with van der Waals surface area (Å²) in [6.45, 7) is 1.90. The summed E-state index contributed by atoms with van der Waals surface area (Å²) in [6, 6.07) is 9.65. The second-order valence-electron chi connectivity index (χ2n) is 4.99. The van der Waals surface area contributed by atoms with Gasteiger partial charge < -0.3 is 16.2 Å². The molecule has 110 valence electrons. The number of hydrogen-bond donors (Lipinski definition) is 3. The molecule has 5 heteroatoms. The molecule has 1 heterocycles. The van der Waals surface area contributed by atoms with Crippen LogP contribution in [-0.4, -0.2) is 22.0 Å². The van der Waals surface area contributed by atoms with E-state index in [1.165, 1.54) is 0 Å². The van der Waals surface area contributed by atoms with E-state index in [9.17, 15) is 9.90 Å². The van der Waals surface area contributed by atoms with Crippen molar-refractivity contribution in [2.75, 3.05) is 0 Å². The number of nitrogens with zero attached hydrogens (tertiary/aromatic N) is 1. The van der Waals surface area contributed by atoms with Crippen LogP contribution in [0.15, 0.2) is 48.8 Å². The standard InChI is InChI=1S/C16H19N3O2/c1-11(13-6-8-18-9-7-13)19-16(21)15(17)10-12-2-4-14(20)5-3-12/h2-9,11,15,20H,10,17H2,1H3,(H,19,21)/t11-,15+/m0/s1. The topological polar surface area (TPSA) is 88.2 Å². The Bertz CT molecular complexity index is 584. The highest BCUT2D eigenvalue weighted by Crippen LogP contribution is 2.13. The molecule has 0 saturated heterocycles. The van der Waals surface area contributed by atoms with Gasteiger partial charge in [-0.2, -0.15) is 0 Å². The zero-order valence-corrected chi connectivity index (χ0v) is 11.9. The number of aromatic nitrogens is 1. The molecule has 0 bridgehead atoms. The summed E-state index contributed by atoms with van der Waals surface area (Å²) in [4.78, 5) is 16.0. The smallest absolute Gasteiger partial charge is 0.237 e. The Hall–Kier alpha value is -2.40. The van der Waals surface area contributed by atoms with E-state index in [4.69, 9.17) is 5.73 Å². The maximum absolute atomic E-state index is 12.1. The molecule has 0 spiro atoms. The predicted octanol–water partition coefficient (Wildman–Crippen LogP) is 1.53. The van der Waals surface area contributed by atoms with Gasteiger partial charge in [-0.15, -0.1) is 0 Å². The Labute approximate surface area is 123 Å². The molecule has 0 fully saturated rings. The number of hydrogen-bond acceptors (Lipinski definition) is 4. The first-order valence-electron chi connectivity index (χ1n) is 6.80. The second kappa shape index (κ2) is 6.85. The first kappa shape index (κ1) is 15.0. The number of pyridine rings is 1. The lowest BCUT2D eigenvalue weighted by atomic mass is 10.0. The molecule has 2 aromatic rings. The SMILES string of the molecule is C[C@H](NC(=O)[C@H](N)Cc1ccc(O)cc1)c1ccncc1. The third-order valence-corrected chi connectivity index (χ3v) is 3.29. The number of nitrogens with two attached hydrogens (primary N) is 1. The molecule has 21 heavy (non-hydrogen) atoms. The molecule has 5 nitrogen and oxygen atoms in total. The van der Waals surface area contributed by atoms with E-state index in [2.05, 4.69) is 10.3 Å². The number of phenols is 1. The fraction of sp³-hybridized carbons (Fsp3) is 0.250. The van der Waals surface area contributed by atoms with Gasteiger partial charge in [-0.1, -0.05) is 12.1 Å². The lowest BCUT2D eigenvalue weighted by Crippen LogP contribution is -2.42. The summed E-state index contributed by atoms with van der Waals surface area (Å²) in [6.07, 6.45) is 3.80. The third kappa shape index (κ3) is 4.29. The van der Waals surface area contributed by atoms with E-state index in [-0.39, 0.29) is 17.7 Å². The maximum atomic E-state index is 12.1. The van der Waals surface area contributed by atoms with Gasteiger partial charge in [0.05, 0.1) is 12.1 Å². The van der Waals surface area contributed by atoms with E-state index >= 15 is 0 Å². The number of carbonyl (C=O) groups excluding carboxylic acids is 1. The molecule has 2 rings (SSSR count). The molecule has 4 N–H and O–H groups in total. The zero-order chi connectivity index (χ0) is 15.2. The van der Waals surface area contributed by atoms with Crippen LogP contribution in [-0.2, 0) is 11.2 Å². The minimum atomic E-state index is -0.626. The molecule has 0 radical (unpaired) electrons. The van der Waals surface area contributed by atoms with E-state index < -0.39 is 6.04 Å². The van der Waals surface area contributed by atoms with Crippen molar-refractivity contribution in [3.8, 4) is 5.75 Å². The van der Waals surface area contributed by atoms with Crippen molar-refractivity contribution in [1.29, 1.82) is 0 Å². The van der Waals surface area contributed by atoms with E-state index in [0.29, 0.717) is 6.42 Å². The van der Waals surface area contributed by atoms with Gasteiger partial charge in [0, 0.05) is 12.4 Å². The van der Waals surface area contributed by atoms with Crippen molar-refractivity contribution < 1.29 is 9.90 Å². The van der Waals surface area contributed by atoms with Crippen molar-refractivity contribution in [3.05, 3.63) is 59.9 Å². The van der Waals surface area contributed by atoms with Gasteiger partial charge in [-0.25, -0.2) is 0 Å². The van der Waals surface area contributed by atoms with Gasteiger partial charge in [0.25, 0.3) is 0 Å². The number of nitrogens with one attached hydrogen (secondary N) is 1. The zero-order valence-electron chi connectivity index (χ0n) is 11.9. The lowest BCUT2D eigenvalue weighted by Gasteiger charge is -2.18. The number of carbonyl (C=O) groups is 1. The monoisotopic (exact) mass is 285 g/mol. The van der Waals surface area contributed by atoms with E-state index in [0.717, 1.165) is 11.1 Å². The quantitative estimate of drug-likeness (QED) is 0.777. The summed E-state index contributed by atoms with van der Waals surface area (Å²) in [5, 5.41) is 12.1. The summed E-state index contributed by atoms with van der Waals surface area (Å²) < 4.78 is 0. The molecule has 1 aromatic carbocycles. The highest BCUT2D eigenvalue weighted by Gasteiger charge is 2.17. The average molecular weight is 285 g/mol. The number of amides is 1. The minimum Gasteiger partial charge on any atom is -0.508 e. The van der Waals surface area contributed by atoms with Crippen LogP contribution in [0.3, 0.4) is 0 Å². The molecule has 1 amide bonds. The average Bonchev–Trinajstić information content (AvgIpc) is 2.50. The molecule has 2 atom stereocenters. The van der Waals surface area contributed by atoms with Crippen molar-refractivity contribution in [1.82, 2.24) is 10.3 Å². The first-order valence-corrected chi connectivity index (χ1v) is 6.80. The summed E-state index contributed by atoms with van der Waals surface area (Å²) in [7, 11) is 0. The van der Waals surface area contributed by atoms with E-state index in [1.54, 1.807) is 36.7 Å². The third-order valence-electron chi connectivity index (χ3n) is 3.29. The number of phenolic OH excluding ortho intramolecular Hbond substituents is 1. The molecular formula is C16H19N3O2. The molecule has 0 unspecified atom stereocenters. The lowest BCUT2D eigenvalue weighted by molar-refractivity contribution is -0.123. The van der Waals surface area contributed by atoms with Crippen LogP contribution in [0.4, 0.5) is 0 Å². The van der Waals surface area contributed by atoms with Gasteiger partial charge in [-0.3, -0.25) is 9.78 Å². The van der Waals surface area contributed by atoms with Gasteiger partial charge in [0.15, 0.2) is 0 Å². The van der Waals surface area contributed by atoms with Crippen LogP contribution in [0.25, 0.3) is 0 Å². The number of rotatable bonds is 5. The van der Waals surface area contributed by atoms with Crippen molar-refractivity contribution in [2.24, 2.45) is 5.73 Å². The van der Waals surface area contributed by atoms with Crippen LogP contribution in [0.2, 0.25) is 0 Å². The number of benzene rings is 1. The molecule has 0 aliphatic carbocycles. The Balaban J connectivity index is 1.92. The van der Waals surface area contributed by atoms with Crippen LogP contribution < -0.4 is 11.1 Å². The summed E-state index contributed by atoms with van der Waals surface area (Å²) in [5.74, 6) is -0.00419. The fourth-order valence-corrected chi connectivity index (χ4v) is 2.03. The molecule has 1 aromatic heterocycles. The highest BCUT2D eigenvalue weighted by molar-refractivity contribution is 5.82. The van der Waals surface area contributed by atoms with Gasteiger partial charge in [-0.05, 0) is 48.7 Å². The van der Waals surface area contributed by atoms with E-state index in [1.807, 2.05) is 19.1 Å². The Morgan fingerprint density at radius 2 is 1.86 bits per heavy atom. The van der Waals surface area contributed by atoms with Crippen LogP contribution in [0, 0.1) is 0 Å². The Morgan fingerprint density at radius 1 is 1.24 bits per heavy atom. The van der Waals surface area contributed by atoms with Crippen molar-refractivity contribution in [3.63, 3.8) is 0 Å². The fourth-order valence-electron chi connectivity index (χ4n) is 2.03. The summed E-state index contributed by atoms with van der Waals surface area (Å²) in [5.41, 5.74) is 7.82. The molecule has 0 aliphatic rings. The van der Waals surface area contributed by atoms with Crippen molar-refractivity contribution >= 4 is 5.91 Å². The van der Waals surface area contributed by atoms with Crippen molar-refractivity contribution in [2.45, 2.75) is 25.4 Å². The highest BCUT2D eigenvalue weighted by atomic mass is 16.3. The number of aromatic hydroxyl groups is 1. The molecule has 0 saturated carbocycles. The second-order valence-corrected chi connectivity index (χ2v) is 4.99. The first-order chi connectivity index (χ1) is 10.1. The Kier molecular flexibility index (Phi) is 4.90. The van der Waals surface area contributed by atoms with Crippen LogP contribution >= 0.6 is 0 Å². The summed E-state index contributed by atoms with van der Waals surface area (Å²) >= 11 is 0. The molecular weight excluding hydrogens is 266 g/mol. The van der Waals surface area contributed by atoms with Crippen LogP contribution in [0.1, 0.15) is 24.1 Å². The predicted molar refractivity (Wildman–Crippen MR) is 80.6 cm³/mol. The molecule has 0 aliphatic heterocycles. The van der Waals surface area contributed by atoms with Gasteiger partial charge >= 0.3 is 0 Å². The van der Waals surface area contributed by atoms with Gasteiger partial charge in [0.2, 0.25) is 5.91 Å². The van der Waals surface area contributed by atoms with Gasteiger partial charge in [0.1, 0.15) is 5.75 Å². The Morgan fingerprint density at radius 3 is 2.48 bits per heavy atom. The maximum Gasteiger partial charge on any atom is 0.237 e. The van der Waals surface area contributed by atoms with Crippen LogP contribution in [0.5, 0.6) is 5.75 Å².